The summed E-state index contributed by atoms with van der Waals surface area (Å²) in [6.45, 7) is 5.19. The molecule has 0 bridgehead atoms. The number of nitrogens with zero attached hydrogens (tertiary/aromatic N) is 1. The minimum absolute atomic E-state index is 0.0806. The average molecular weight is 295 g/mol. The Morgan fingerprint density at radius 3 is 2.40 bits per heavy atom. The van der Waals surface area contributed by atoms with Gasteiger partial charge >= 0.3 is 0 Å². The van der Waals surface area contributed by atoms with E-state index < -0.39 is 0 Å². The van der Waals surface area contributed by atoms with Crippen LogP contribution in [0.4, 0.5) is 0 Å². The number of carbonyl (C=O) groups excluding carboxylic acids is 1. The zero-order chi connectivity index (χ0) is 14.7. The second kappa shape index (κ2) is 6.59. The number of halogens is 1. The first-order valence-corrected chi connectivity index (χ1v) is 7.65. The summed E-state index contributed by atoms with van der Waals surface area (Å²) >= 11 is 5.90. The third-order valence-electron chi connectivity index (χ3n) is 3.91. The molecule has 1 fully saturated rings. The molecule has 1 aliphatic carbocycles. The van der Waals surface area contributed by atoms with Gasteiger partial charge in [0.05, 0.1) is 5.92 Å². The molecule has 4 heteroatoms. The third kappa shape index (κ3) is 3.74. The Bertz CT molecular complexity index is 454. The Kier molecular flexibility index (Phi) is 5.06. The first kappa shape index (κ1) is 15.3. The molecule has 0 spiro atoms. The van der Waals surface area contributed by atoms with E-state index in [4.69, 9.17) is 17.3 Å². The van der Waals surface area contributed by atoms with Crippen molar-refractivity contribution in [3.05, 3.63) is 34.9 Å². The van der Waals surface area contributed by atoms with Crippen LogP contribution < -0.4 is 5.73 Å². The van der Waals surface area contributed by atoms with Gasteiger partial charge in [-0.05, 0) is 36.5 Å². The van der Waals surface area contributed by atoms with Crippen molar-refractivity contribution < 1.29 is 4.79 Å². The number of carbonyl (C=O) groups is 1. The number of hydrogen-bond acceptors (Lipinski definition) is 2. The molecule has 110 valence electrons. The number of rotatable bonds is 6. The van der Waals surface area contributed by atoms with Gasteiger partial charge in [-0.15, -0.1) is 0 Å². The van der Waals surface area contributed by atoms with Gasteiger partial charge in [-0.1, -0.05) is 37.6 Å². The first-order valence-electron chi connectivity index (χ1n) is 7.28. The molecule has 1 aromatic rings. The Morgan fingerprint density at radius 1 is 1.35 bits per heavy atom. The zero-order valence-corrected chi connectivity index (χ0v) is 12.9. The molecule has 2 rings (SSSR count). The smallest absolute Gasteiger partial charge is 0.227 e. The van der Waals surface area contributed by atoms with Gasteiger partial charge in [0.2, 0.25) is 5.91 Å². The van der Waals surface area contributed by atoms with E-state index in [1.807, 2.05) is 29.2 Å². The fourth-order valence-corrected chi connectivity index (χ4v) is 2.56. The van der Waals surface area contributed by atoms with Gasteiger partial charge in [0.15, 0.2) is 0 Å². The standard InChI is InChI=1S/C16H23ClN2O/c1-11(2)15(9-18)16(20)19(14-7-8-14)10-12-3-5-13(17)6-4-12/h3-6,11,14-15H,7-10,18H2,1-2H3. The van der Waals surface area contributed by atoms with Crippen LogP contribution in [0, 0.1) is 11.8 Å². The maximum absolute atomic E-state index is 12.7. The molecule has 0 aliphatic heterocycles. The Hall–Kier alpha value is -1.06. The fraction of sp³-hybridized carbons (Fsp3) is 0.562. The summed E-state index contributed by atoms with van der Waals surface area (Å²) in [5.74, 6) is 0.391. The molecule has 1 aliphatic rings. The highest BCUT2D eigenvalue weighted by atomic mass is 35.5. The van der Waals surface area contributed by atoms with Crippen LogP contribution >= 0.6 is 11.6 Å². The molecule has 1 amide bonds. The number of nitrogens with two attached hydrogens (primary N) is 1. The van der Waals surface area contributed by atoms with Gasteiger partial charge in [0.1, 0.15) is 0 Å². The van der Waals surface area contributed by atoms with Crippen LogP contribution in [-0.4, -0.2) is 23.4 Å². The molecular weight excluding hydrogens is 272 g/mol. The SMILES string of the molecule is CC(C)C(CN)C(=O)N(Cc1ccc(Cl)cc1)C1CC1. The molecule has 0 aromatic heterocycles. The van der Waals surface area contributed by atoms with Gasteiger partial charge in [-0.25, -0.2) is 0 Å². The monoisotopic (exact) mass is 294 g/mol. The molecule has 0 saturated heterocycles. The summed E-state index contributed by atoms with van der Waals surface area (Å²) in [6.07, 6.45) is 2.21. The van der Waals surface area contributed by atoms with E-state index in [1.165, 1.54) is 0 Å². The van der Waals surface area contributed by atoms with Crippen molar-refractivity contribution in [1.29, 1.82) is 0 Å². The first-order chi connectivity index (χ1) is 9.52. The second-order valence-corrected chi connectivity index (χ2v) is 6.35. The molecule has 0 radical (unpaired) electrons. The normalized spacial score (nSPS) is 16.2. The van der Waals surface area contributed by atoms with Gasteiger partial charge in [-0.2, -0.15) is 0 Å². The predicted molar refractivity (Wildman–Crippen MR) is 82.4 cm³/mol. The summed E-state index contributed by atoms with van der Waals surface area (Å²) in [5.41, 5.74) is 6.90. The lowest BCUT2D eigenvalue weighted by molar-refractivity contribution is -0.137. The lowest BCUT2D eigenvalue weighted by Gasteiger charge is -2.29. The van der Waals surface area contributed by atoms with Crippen LogP contribution in [0.25, 0.3) is 0 Å². The van der Waals surface area contributed by atoms with Crippen molar-refractivity contribution in [3.8, 4) is 0 Å². The molecule has 1 saturated carbocycles. The molecule has 1 unspecified atom stereocenters. The maximum atomic E-state index is 12.7. The van der Waals surface area contributed by atoms with E-state index >= 15 is 0 Å². The lowest BCUT2D eigenvalue weighted by atomic mass is 9.94. The predicted octanol–water partition coefficient (Wildman–Crippen LogP) is 3.06. The van der Waals surface area contributed by atoms with Gasteiger partial charge < -0.3 is 10.6 Å². The summed E-state index contributed by atoms with van der Waals surface area (Å²) < 4.78 is 0. The largest absolute Gasteiger partial charge is 0.335 e. The topological polar surface area (TPSA) is 46.3 Å². The quantitative estimate of drug-likeness (QED) is 0.876. The second-order valence-electron chi connectivity index (χ2n) is 5.91. The molecule has 20 heavy (non-hydrogen) atoms. The maximum Gasteiger partial charge on any atom is 0.227 e. The van der Waals surface area contributed by atoms with Crippen LogP contribution in [0.1, 0.15) is 32.3 Å². The van der Waals surface area contributed by atoms with E-state index in [0.29, 0.717) is 19.1 Å². The number of amides is 1. The summed E-state index contributed by atoms with van der Waals surface area (Å²) in [4.78, 5) is 14.7. The summed E-state index contributed by atoms with van der Waals surface area (Å²) in [5, 5.41) is 0.722. The molecular formula is C16H23ClN2O. The Balaban J connectivity index is 2.10. The van der Waals surface area contributed by atoms with Crippen LogP contribution in [0.5, 0.6) is 0 Å². The summed E-state index contributed by atoms with van der Waals surface area (Å²) in [7, 11) is 0. The van der Waals surface area contributed by atoms with Crippen LogP contribution in [0.15, 0.2) is 24.3 Å². The molecule has 2 N–H and O–H groups in total. The van der Waals surface area contributed by atoms with Crippen molar-refractivity contribution in [2.75, 3.05) is 6.54 Å². The van der Waals surface area contributed by atoms with Crippen LogP contribution in [-0.2, 0) is 11.3 Å². The number of benzene rings is 1. The van der Waals surface area contributed by atoms with Gasteiger partial charge in [-0.3, -0.25) is 4.79 Å². The van der Waals surface area contributed by atoms with Gasteiger partial charge in [0, 0.05) is 24.2 Å². The van der Waals surface area contributed by atoms with Crippen molar-refractivity contribution in [2.45, 2.75) is 39.3 Å². The van der Waals surface area contributed by atoms with E-state index in [-0.39, 0.29) is 17.7 Å². The van der Waals surface area contributed by atoms with Crippen LogP contribution in [0.2, 0.25) is 5.02 Å². The van der Waals surface area contributed by atoms with Crippen LogP contribution in [0.3, 0.4) is 0 Å². The van der Waals surface area contributed by atoms with Crippen molar-refractivity contribution in [1.82, 2.24) is 4.90 Å². The summed E-state index contributed by atoms with van der Waals surface area (Å²) in [6, 6.07) is 8.10. The van der Waals surface area contributed by atoms with Crippen molar-refractivity contribution in [3.63, 3.8) is 0 Å². The highest BCUT2D eigenvalue weighted by molar-refractivity contribution is 6.30. The molecule has 1 atom stereocenters. The van der Waals surface area contributed by atoms with E-state index in [2.05, 4.69) is 13.8 Å². The van der Waals surface area contributed by atoms with E-state index in [1.54, 1.807) is 0 Å². The average Bonchev–Trinajstić information content (AvgIpc) is 3.22. The van der Waals surface area contributed by atoms with E-state index in [0.717, 1.165) is 23.4 Å². The van der Waals surface area contributed by atoms with Gasteiger partial charge in [0.25, 0.3) is 0 Å². The number of hydrogen-bond donors (Lipinski definition) is 1. The van der Waals surface area contributed by atoms with E-state index in [9.17, 15) is 4.79 Å². The Labute approximate surface area is 126 Å². The fourth-order valence-electron chi connectivity index (χ4n) is 2.43. The molecule has 1 aromatic carbocycles. The Morgan fingerprint density at radius 2 is 1.95 bits per heavy atom. The molecule has 3 nitrogen and oxygen atoms in total. The van der Waals surface area contributed by atoms with Crippen molar-refractivity contribution in [2.24, 2.45) is 17.6 Å². The lowest BCUT2D eigenvalue weighted by Crippen LogP contribution is -2.42. The minimum Gasteiger partial charge on any atom is -0.335 e. The third-order valence-corrected chi connectivity index (χ3v) is 4.16. The molecule has 0 heterocycles. The highest BCUT2D eigenvalue weighted by Crippen LogP contribution is 2.31. The zero-order valence-electron chi connectivity index (χ0n) is 12.2. The highest BCUT2D eigenvalue weighted by Gasteiger charge is 2.36. The minimum atomic E-state index is -0.0806. The van der Waals surface area contributed by atoms with Crippen molar-refractivity contribution >= 4 is 17.5 Å².